The molecule has 0 aliphatic carbocycles. The van der Waals surface area contributed by atoms with Crippen molar-refractivity contribution in [2.75, 3.05) is 13.1 Å². The molecule has 3 heterocycles. The number of rotatable bonds is 6. The summed E-state index contributed by atoms with van der Waals surface area (Å²) in [7, 11) is -3.65. The Kier molecular flexibility index (Phi) is 6.78. The minimum Gasteiger partial charge on any atom is -0.351 e. The van der Waals surface area contributed by atoms with Crippen LogP contribution in [0.15, 0.2) is 46.7 Å². The highest BCUT2D eigenvalue weighted by atomic mass is 35.5. The summed E-state index contributed by atoms with van der Waals surface area (Å²) in [5, 5.41) is 6.51. The number of thiazole rings is 1. The molecule has 1 amide bonds. The van der Waals surface area contributed by atoms with Crippen LogP contribution >= 0.6 is 34.3 Å². The molecule has 31 heavy (non-hydrogen) atoms. The van der Waals surface area contributed by atoms with E-state index in [9.17, 15) is 13.2 Å². The molecule has 1 unspecified atom stereocenters. The predicted molar refractivity (Wildman–Crippen MR) is 125 cm³/mol. The van der Waals surface area contributed by atoms with Crippen molar-refractivity contribution in [2.45, 2.75) is 31.2 Å². The first-order chi connectivity index (χ1) is 14.8. The number of hydrogen-bond donors (Lipinski definition) is 1. The van der Waals surface area contributed by atoms with Gasteiger partial charge in [-0.1, -0.05) is 11.6 Å². The van der Waals surface area contributed by atoms with E-state index in [-0.39, 0.29) is 23.3 Å². The Balaban J connectivity index is 1.37. The molecule has 6 nitrogen and oxygen atoms in total. The van der Waals surface area contributed by atoms with Crippen LogP contribution in [0.25, 0.3) is 10.6 Å². The maximum absolute atomic E-state index is 12.9. The van der Waals surface area contributed by atoms with Crippen LogP contribution < -0.4 is 5.32 Å². The van der Waals surface area contributed by atoms with Crippen LogP contribution in [0.4, 0.5) is 0 Å². The predicted octanol–water partition coefficient (Wildman–Crippen LogP) is 4.55. The lowest BCUT2D eigenvalue weighted by Gasteiger charge is -2.31. The van der Waals surface area contributed by atoms with Gasteiger partial charge in [0.15, 0.2) is 0 Å². The Labute approximate surface area is 194 Å². The lowest BCUT2D eigenvalue weighted by atomic mass is 9.99. The smallest absolute Gasteiger partial charge is 0.243 e. The van der Waals surface area contributed by atoms with Gasteiger partial charge in [-0.3, -0.25) is 4.79 Å². The maximum atomic E-state index is 12.9. The fourth-order valence-corrected chi connectivity index (χ4v) is 6.78. The van der Waals surface area contributed by atoms with E-state index in [4.69, 9.17) is 11.6 Å². The number of halogens is 1. The highest BCUT2D eigenvalue weighted by molar-refractivity contribution is 7.89. The van der Waals surface area contributed by atoms with Crippen molar-refractivity contribution in [3.8, 4) is 10.6 Å². The van der Waals surface area contributed by atoms with E-state index in [0.29, 0.717) is 31.0 Å². The molecular weight excluding hydrogens is 474 g/mol. The number of carbonyl (C=O) groups is 1. The van der Waals surface area contributed by atoms with Gasteiger partial charge < -0.3 is 5.32 Å². The number of piperidine rings is 1. The van der Waals surface area contributed by atoms with E-state index in [2.05, 4.69) is 10.3 Å². The number of sulfonamides is 1. The van der Waals surface area contributed by atoms with Crippen molar-refractivity contribution in [1.82, 2.24) is 14.6 Å². The largest absolute Gasteiger partial charge is 0.351 e. The number of benzene rings is 1. The number of aryl methyl sites for hydroxylation is 1. The Morgan fingerprint density at radius 1 is 1.26 bits per heavy atom. The first kappa shape index (κ1) is 22.4. The normalized spacial score (nSPS) is 17.5. The molecule has 1 aromatic carbocycles. The minimum absolute atomic E-state index is 0.115. The van der Waals surface area contributed by atoms with Crippen LogP contribution in [0.1, 0.15) is 22.7 Å². The fraction of sp³-hybridized carbons (Fsp3) is 0.333. The fourth-order valence-electron chi connectivity index (χ4n) is 3.54. The molecule has 10 heteroatoms. The van der Waals surface area contributed by atoms with Crippen LogP contribution in [0, 0.1) is 12.8 Å². The highest BCUT2D eigenvalue weighted by Gasteiger charge is 2.33. The zero-order valence-corrected chi connectivity index (χ0v) is 20.1. The van der Waals surface area contributed by atoms with E-state index in [1.165, 1.54) is 16.4 Å². The summed E-state index contributed by atoms with van der Waals surface area (Å²) in [6.07, 6.45) is 1.32. The van der Waals surface area contributed by atoms with Gasteiger partial charge in [0.2, 0.25) is 15.9 Å². The zero-order chi connectivity index (χ0) is 22.0. The first-order valence-electron chi connectivity index (χ1n) is 9.87. The van der Waals surface area contributed by atoms with Gasteiger partial charge in [0, 0.05) is 28.4 Å². The van der Waals surface area contributed by atoms with Crippen LogP contribution in [-0.4, -0.2) is 36.7 Å². The Morgan fingerprint density at radius 2 is 2.03 bits per heavy atom. The number of nitrogens with one attached hydrogen (secondary N) is 1. The molecule has 1 aliphatic heterocycles. The molecule has 164 valence electrons. The van der Waals surface area contributed by atoms with E-state index in [0.717, 1.165) is 20.5 Å². The second-order valence-electron chi connectivity index (χ2n) is 7.39. The topological polar surface area (TPSA) is 79.4 Å². The number of aromatic nitrogens is 1. The van der Waals surface area contributed by atoms with Crippen molar-refractivity contribution >= 4 is 50.2 Å². The SMILES string of the molecule is Cc1nc(-c2ccc(CNC(=O)C3CCCN(S(=O)(=O)c4ccc(Cl)cc4)C3)s2)cs1. The maximum Gasteiger partial charge on any atom is 0.243 e. The number of thiophene rings is 1. The second-order valence-corrected chi connectivity index (χ2v) is 12.0. The molecule has 1 saturated heterocycles. The van der Waals surface area contributed by atoms with Crippen molar-refractivity contribution in [2.24, 2.45) is 5.92 Å². The summed E-state index contributed by atoms with van der Waals surface area (Å²) >= 11 is 9.09. The molecule has 2 aromatic heterocycles. The van der Waals surface area contributed by atoms with Gasteiger partial charge in [-0.05, 0) is 56.2 Å². The quantitative estimate of drug-likeness (QED) is 0.544. The Morgan fingerprint density at radius 3 is 2.74 bits per heavy atom. The van der Waals surface area contributed by atoms with E-state index >= 15 is 0 Å². The van der Waals surface area contributed by atoms with Crippen LogP contribution in [0.3, 0.4) is 0 Å². The third-order valence-corrected chi connectivity index (χ3v) is 9.19. The number of nitrogens with zero attached hydrogens (tertiary/aromatic N) is 2. The number of hydrogen-bond acceptors (Lipinski definition) is 6. The summed E-state index contributed by atoms with van der Waals surface area (Å²) in [5.41, 5.74) is 0.959. The Bertz CT molecular complexity index is 1170. The Hall–Kier alpha value is -1.78. The lowest BCUT2D eigenvalue weighted by Crippen LogP contribution is -2.45. The molecular formula is C21H22ClN3O3S3. The summed E-state index contributed by atoms with van der Waals surface area (Å²) in [5.74, 6) is -0.480. The second kappa shape index (κ2) is 9.38. The van der Waals surface area contributed by atoms with E-state index < -0.39 is 10.0 Å². The number of carbonyl (C=O) groups excluding carboxylic acids is 1. The van der Waals surface area contributed by atoms with E-state index in [1.807, 2.05) is 24.4 Å². The molecule has 1 fully saturated rings. The summed E-state index contributed by atoms with van der Waals surface area (Å²) in [6, 6.07) is 10.1. The molecule has 3 aromatic rings. The molecule has 4 rings (SSSR count). The van der Waals surface area contributed by atoms with Gasteiger partial charge in [0.25, 0.3) is 0 Å². The molecule has 0 spiro atoms. The molecule has 1 N–H and O–H groups in total. The van der Waals surface area contributed by atoms with Crippen LogP contribution in [0.2, 0.25) is 5.02 Å². The van der Waals surface area contributed by atoms with Crippen LogP contribution in [-0.2, 0) is 21.4 Å². The average Bonchev–Trinajstić information content (AvgIpc) is 3.41. The molecule has 1 atom stereocenters. The van der Waals surface area contributed by atoms with Crippen molar-refractivity contribution < 1.29 is 13.2 Å². The van der Waals surface area contributed by atoms with Gasteiger partial charge in [-0.2, -0.15) is 4.31 Å². The van der Waals surface area contributed by atoms with Gasteiger partial charge >= 0.3 is 0 Å². The third-order valence-electron chi connectivity index (χ3n) is 5.18. The van der Waals surface area contributed by atoms with Crippen molar-refractivity contribution in [1.29, 1.82) is 0 Å². The van der Waals surface area contributed by atoms with E-state index in [1.54, 1.807) is 34.8 Å². The molecule has 0 bridgehead atoms. The highest BCUT2D eigenvalue weighted by Crippen LogP contribution is 2.29. The first-order valence-corrected chi connectivity index (χ1v) is 13.4. The van der Waals surface area contributed by atoms with Gasteiger partial charge in [0.05, 0.1) is 32.9 Å². The zero-order valence-electron chi connectivity index (χ0n) is 16.9. The summed E-state index contributed by atoms with van der Waals surface area (Å²) in [4.78, 5) is 19.6. The number of amides is 1. The van der Waals surface area contributed by atoms with Crippen LogP contribution in [0.5, 0.6) is 0 Å². The molecule has 0 saturated carbocycles. The van der Waals surface area contributed by atoms with Gasteiger partial charge in [-0.15, -0.1) is 22.7 Å². The summed E-state index contributed by atoms with van der Waals surface area (Å²) in [6.45, 7) is 3.00. The van der Waals surface area contributed by atoms with Crippen molar-refractivity contribution in [3.63, 3.8) is 0 Å². The van der Waals surface area contributed by atoms with Gasteiger partial charge in [0.1, 0.15) is 0 Å². The standard InChI is InChI=1S/C21H22ClN3O3S3/c1-14-24-19(13-29-14)20-9-6-17(30-20)11-23-21(26)15-3-2-10-25(12-15)31(27,28)18-7-4-16(22)5-8-18/h4-9,13,15H,2-3,10-12H2,1H3,(H,23,26). The monoisotopic (exact) mass is 495 g/mol. The van der Waals surface area contributed by atoms with Crippen molar-refractivity contribution in [3.05, 3.63) is 56.7 Å². The average molecular weight is 496 g/mol. The molecule has 1 aliphatic rings. The molecule has 0 radical (unpaired) electrons. The summed E-state index contributed by atoms with van der Waals surface area (Å²) < 4.78 is 27.3. The third kappa shape index (κ3) is 5.18. The van der Waals surface area contributed by atoms with Gasteiger partial charge in [-0.25, -0.2) is 13.4 Å². The minimum atomic E-state index is -3.65. The lowest BCUT2D eigenvalue weighted by molar-refractivity contribution is -0.126.